The van der Waals surface area contributed by atoms with Crippen molar-refractivity contribution in [3.05, 3.63) is 87.4 Å². The molecule has 1 saturated heterocycles. The highest BCUT2D eigenvalue weighted by molar-refractivity contribution is 7.09. The molecular formula is C26H29N3O5S. The van der Waals surface area contributed by atoms with Gasteiger partial charge in [0, 0.05) is 18.3 Å². The Morgan fingerprint density at radius 3 is 2.51 bits per heavy atom. The van der Waals surface area contributed by atoms with Crippen LogP contribution in [0, 0.1) is 0 Å². The molecule has 2 heterocycles. The van der Waals surface area contributed by atoms with E-state index in [9.17, 15) is 24.9 Å². The zero-order chi connectivity index (χ0) is 24.8. The van der Waals surface area contributed by atoms with Gasteiger partial charge in [-0.15, -0.1) is 11.3 Å². The van der Waals surface area contributed by atoms with Crippen LogP contribution in [0.4, 0.5) is 0 Å². The summed E-state index contributed by atoms with van der Waals surface area (Å²) in [4.78, 5) is 31.4. The first-order chi connectivity index (χ1) is 17.0. The molecule has 184 valence electrons. The van der Waals surface area contributed by atoms with Crippen LogP contribution in [0.1, 0.15) is 46.3 Å². The third-order valence-corrected chi connectivity index (χ3v) is 7.11. The highest BCUT2D eigenvalue weighted by Gasteiger charge is 2.38. The molecule has 4 N–H and O–H groups in total. The number of carbonyl (C=O) groups excluding carboxylic acids is 2. The summed E-state index contributed by atoms with van der Waals surface area (Å²) in [5, 5.41) is 35.4. The number of carbonyl (C=O) groups is 2. The highest BCUT2D eigenvalue weighted by Crippen LogP contribution is 2.32. The number of thiazole rings is 1. The maximum absolute atomic E-state index is 12.9. The van der Waals surface area contributed by atoms with Gasteiger partial charge in [0.05, 0.1) is 24.9 Å². The van der Waals surface area contributed by atoms with E-state index in [0.717, 1.165) is 35.2 Å². The zero-order valence-electron chi connectivity index (χ0n) is 19.2. The number of aliphatic hydroxyl groups is 3. The largest absolute Gasteiger partial charge is 0.392 e. The number of rotatable bonds is 9. The number of nitrogens with one attached hydrogen (secondary N) is 1. The molecule has 2 amide bonds. The smallest absolute Gasteiger partial charge is 0.255 e. The number of benzene rings is 2. The monoisotopic (exact) mass is 495 g/mol. The highest BCUT2D eigenvalue weighted by atomic mass is 32.1. The Bertz CT molecular complexity index is 1150. The standard InChI is InChI=1S/C26H29N3O5S/c30-15-19-10-5-4-9-18(19)13-20-16-35-22(28-20)14-27-25(33)23(31)24(32)26(34)29-12-6-11-21(29)17-7-2-1-3-8-17/h1-5,7-10,16,21,23-24,30-32H,6,11-15H2,(H,27,33)/t21?,23-,24-/m1/s1. The van der Waals surface area contributed by atoms with Gasteiger partial charge in [-0.2, -0.15) is 0 Å². The maximum Gasteiger partial charge on any atom is 0.255 e. The first-order valence-electron chi connectivity index (χ1n) is 11.6. The van der Waals surface area contributed by atoms with Crippen molar-refractivity contribution in [2.24, 2.45) is 0 Å². The topological polar surface area (TPSA) is 123 Å². The van der Waals surface area contributed by atoms with E-state index in [4.69, 9.17) is 0 Å². The van der Waals surface area contributed by atoms with Crippen LogP contribution in [0.5, 0.6) is 0 Å². The Kier molecular flexibility index (Phi) is 8.25. The molecule has 8 nitrogen and oxygen atoms in total. The van der Waals surface area contributed by atoms with Crippen LogP contribution in [0.25, 0.3) is 0 Å². The molecule has 1 unspecified atom stereocenters. The second-order valence-electron chi connectivity index (χ2n) is 8.54. The van der Waals surface area contributed by atoms with E-state index in [-0.39, 0.29) is 19.2 Å². The Hall–Kier alpha value is -3.11. The second-order valence-corrected chi connectivity index (χ2v) is 9.49. The molecule has 9 heteroatoms. The van der Waals surface area contributed by atoms with Gasteiger partial charge in [-0.1, -0.05) is 54.6 Å². The predicted molar refractivity (Wildman–Crippen MR) is 131 cm³/mol. The lowest BCUT2D eigenvalue weighted by Gasteiger charge is -2.28. The van der Waals surface area contributed by atoms with Gasteiger partial charge in [0.2, 0.25) is 0 Å². The van der Waals surface area contributed by atoms with E-state index in [0.29, 0.717) is 18.0 Å². The fourth-order valence-corrected chi connectivity index (χ4v) is 5.09. The third-order valence-electron chi connectivity index (χ3n) is 6.21. The summed E-state index contributed by atoms with van der Waals surface area (Å²) < 4.78 is 0. The molecular weight excluding hydrogens is 466 g/mol. The lowest BCUT2D eigenvalue weighted by molar-refractivity contribution is -0.153. The van der Waals surface area contributed by atoms with Crippen LogP contribution in [-0.4, -0.2) is 55.8 Å². The zero-order valence-corrected chi connectivity index (χ0v) is 20.0. The molecule has 4 rings (SSSR count). The van der Waals surface area contributed by atoms with E-state index in [1.54, 1.807) is 0 Å². The van der Waals surface area contributed by atoms with Gasteiger partial charge in [0.15, 0.2) is 12.2 Å². The van der Waals surface area contributed by atoms with Crippen molar-refractivity contribution < 1.29 is 24.9 Å². The number of likely N-dealkylation sites (tertiary alicyclic amines) is 1. The predicted octanol–water partition coefficient (Wildman–Crippen LogP) is 1.93. The van der Waals surface area contributed by atoms with Crippen molar-refractivity contribution in [2.75, 3.05) is 6.54 Å². The van der Waals surface area contributed by atoms with Crippen molar-refractivity contribution in [3.63, 3.8) is 0 Å². The van der Waals surface area contributed by atoms with Crippen LogP contribution in [0.3, 0.4) is 0 Å². The first-order valence-corrected chi connectivity index (χ1v) is 12.5. The van der Waals surface area contributed by atoms with Crippen LogP contribution in [0.2, 0.25) is 0 Å². The molecule has 0 aliphatic carbocycles. The summed E-state index contributed by atoms with van der Waals surface area (Å²) in [7, 11) is 0. The van der Waals surface area contributed by atoms with Crippen molar-refractivity contribution in [1.29, 1.82) is 0 Å². The summed E-state index contributed by atoms with van der Waals surface area (Å²) in [6.07, 6.45) is -1.62. The number of nitrogens with zero attached hydrogens (tertiary/aromatic N) is 2. The molecule has 0 bridgehead atoms. The number of hydrogen-bond donors (Lipinski definition) is 4. The summed E-state index contributed by atoms with van der Waals surface area (Å²) >= 11 is 1.36. The second kappa shape index (κ2) is 11.5. The Morgan fingerprint density at radius 2 is 1.77 bits per heavy atom. The molecule has 1 aliphatic rings. The Balaban J connectivity index is 1.32. The van der Waals surface area contributed by atoms with Gasteiger partial charge in [-0.25, -0.2) is 4.98 Å². The van der Waals surface area contributed by atoms with Gasteiger partial charge in [0.25, 0.3) is 11.8 Å². The first kappa shape index (κ1) is 25.0. The third kappa shape index (κ3) is 5.94. The van der Waals surface area contributed by atoms with Gasteiger partial charge in [0.1, 0.15) is 5.01 Å². The van der Waals surface area contributed by atoms with Gasteiger partial charge in [-0.05, 0) is 29.5 Å². The van der Waals surface area contributed by atoms with Crippen LogP contribution in [-0.2, 0) is 29.2 Å². The van der Waals surface area contributed by atoms with Crippen molar-refractivity contribution in [1.82, 2.24) is 15.2 Å². The molecule has 1 fully saturated rings. The lowest BCUT2D eigenvalue weighted by Crippen LogP contribution is -2.50. The van der Waals surface area contributed by atoms with Gasteiger partial charge in [-0.3, -0.25) is 9.59 Å². The fourth-order valence-electron chi connectivity index (χ4n) is 4.36. The maximum atomic E-state index is 12.9. The van der Waals surface area contributed by atoms with E-state index >= 15 is 0 Å². The van der Waals surface area contributed by atoms with E-state index in [1.807, 2.05) is 60.0 Å². The van der Waals surface area contributed by atoms with Crippen molar-refractivity contribution in [3.8, 4) is 0 Å². The summed E-state index contributed by atoms with van der Waals surface area (Å²) in [5.41, 5.74) is 3.58. The molecule has 1 aliphatic heterocycles. The fraction of sp³-hybridized carbons (Fsp3) is 0.346. The summed E-state index contributed by atoms with van der Waals surface area (Å²) in [6.45, 7) is 0.482. The number of hydrogen-bond acceptors (Lipinski definition) is 7. The number of aliphatic hydroxyl groups excluding tert-OH is 3. The van der Waals surface area contributed by atoms with E-state index < -0.39 is 24.0 Å². The Labute approximate surface area is 207 Å². The number of aromatic nitrogens is 1. The van der Waals surface area contributed by atoms with Crippen LogP contribution in [0.15, 0.2) is 60.0 Å². The molecule has 1 aromatic heterocycles. The summed E-state index contributed by atoms with van der Waals surface area (Å²) in [5.74, 6) is -1.48. The molecule has 35 heavy (non-hydrogen) atoms. The minimum absolute atomic E-state index is 0.0499. The van der Waals surface area contributed by atoms with E-state index in [1.165, 1.54) is 16.2 Å². The van der Waals surface area contributed by atoms with Gasteiger partial charge >= 0.3 is 0 Å². The average molecular weight is 496 g/mol. The number of amides is 2. The SMILES string of the molecule is O=C(NCc1nc(Cc2ccccc2CO)cs1)[C@H](O)[C@@H](O)C(=O)N1CCCC1c1ccccc1. The van der Waals surface area contributed by atoms with E-state index in [2.05, 4.69) is 10.3 Å². The molecule has 3 atom stereocenters. The van der Waals surface area contributed by atoms with Crippen molar-refractivity contribution in [2.45, 2.75) is 50.7 Å². The van der Waals surface area contributed by atoms with Crippen LogP contribution >= 0.6 is 11.3 Å². The van der Waals surface area contributed by atoms with Crippen LogP contribution < -0.4 is 5.32 Å². The lowest BCUT2D eigenvalue weighted by atomic mass is 10.0. The van der Waals surface area contributed by atoms with Gasteiger partial charge < -0.3 is 25.5 Å². The minimum Gasteiger partial charge on any atom is -0.392 e. The normalized spacial score (nSPS) is 17.2. The average Bonchev–Trinajstić information content (AvgIpc) is 3.56. The molecule has 2 aromatic carbocycles. The summed E-state index contributed by atoms with van der Waals surface area (Å²) in [6, 6.07) is 16.9. The minimum atomic E-state index is -1.88. The van der Waals surface area contributed by atoms with Crippen molar-refractivity contribution >= 4 is 23.2 Å². The molecule has 3 aromatic rings. The quantitative estimate of drug-likeness (QED) is 0.360. The Morgan fingerprint density at radius 1 is 1.06 bits per heavy atom. The molecule has 0 spiro atoms. The molecule has 0 radical (unpaired) electrons. The molecule has 0 saturated carbocycles.